The van der Waals surface area contributed by atoms with Crippen molar-refractivity contribution in [1.82, 2.24) is 19.7 Å². The highest BCUT2D eigenvalue weighted by Gasteiger charge is 2.33. The van der Waals surface area contributed by atoms with Crippen molar-refractivity contribution < 1.29 is 4.79 Å². The van der Waals surface area contributed by atoms with E-state index in [1.165, 1.54) is 36.5 Å². The molecule has 164 valence electrons. The molecule has 0 aromatic carbocycles. The third-order valence-electron chi connectivity index (χ3n) is 6.22. The number of carbonyl (C=O) groups is 1. The first-order chi connectivity index (χ1) is 13.5. The molecule has 1 aromatic rings. The highest BCUT2D eigenvalue weighted by atomic mass is 32.1. The zero-order valence-electron chi connectivity index (χ0n) is 19.3. The molecule has 0 radical (unpaired) electrons. The first-order valence-corrected chi connectivity index (χ1v) is 12.1. The number of piperazine rings is 1. The molecule has 1 amide bonds. The van der Waals surface area contributed by atoms with Gasteiger partial charge in [-0.3, -0.25) is 14.6 Å². The van der Waals surface area contributed by atoms with E-state index < -0.39 is 0 Å². The average molecular weight is 421 g/mol. The number of thiazole rings is 1. The number of rotatable bonds is 5. The Bertz CT molecular complexity index is 680. The van der Waals surface area contributed by atoms with E-state index in [0.29, 0.717) is 6.04 Å². The molecule has 2 aliphatic heterocycles. The summed E-state index contributed by atoms with van der Waals surface area (Å²) in [7, 11) is 0. The van der Waals surface area contributed by atoms with E-state index in [0.717, 1.165) is 39.1 Å². The molecule has 0 aliphatic carbocycles. The number of aromatic nitrogens is 1. The smallest absolute Gasteiger partial charge is 0.228 e. The Morgan fingerprint density at radius 3 is 2.41 bits per heavy atom. The largest absolute Gasteiger partial charge is 0.340 e. The van der Waals surface area contributed by atoms with Gasteiger partial charge in [0, 0.05) is 61.5 Å². The highest BCUT2D eigenvalue weighted by molar-refractivity contribution is 7.09. The average Bonchev–Trinajstić information content (AvgIpc) is 3.28. The van der Waals surface area contributed by atoms with E-state index >= 15 is 0 Å². The summed E-state index contributed by atoms with van der Waals surface area (Å²) >= 11 is 1.82. The molecule has 1 atom stereocenters. The van der Waals surface area contributed by atoms with Crippen LogP contribution >= 0.6 is 11.3 Å². The van der Waals surface area contributed by atoms with Gasteiger partial charge < -0.3 is 4.90 Å². The van der Waals surface area contributed by atoms with Crippen molar-refractivity contribution >= 4 is 17.2 Å². The van der Waals surface area contributed by atoms with Crippen LogP contribution in [0.5, 0.6) is 0 Å². The maximum Gasteiger partial charge on any atom is 0.228 e. The minimum atomic E-state index is -0.284. The van der Waals surface area contributed by atoms with E-state index in [1.54, 1.807) is 0 Å². The van der Waals surface area contributed by atoms with Crippen LogP contribution in [-0.2, 0) is 17.8 Å². The van der Waals surface area contributed by atoms with Gasteiger partial charge >= 0.3 is 0 Å². The summed E-state index contributed by atoms with van der Waals surface area (Å²) in [6.07, 6.45) is 4.97. The summed E-state index contributed by atoms with van der Waals surface area (Å²) in [5.74, 6) is 0.268. The molecule has 2 fully saturated rings. The van der Waals surface area contributed by atoms with Gasteiger partial charge in [0.1, 0.15) is 0 Å². The number of nitrogens with zero attached hydrogens (tertiary/aromatic N) is 4. The molecule has 1 unspecified atom stereocenters. The first kappa shape index (κ1) is 22.7. The van der Waals surface area contributed by atoms with E-state index in [-0.39, 0.29) is 16.9 Å². The van der Waals surface area contributed by atoms with Gasteiger partial charge in [-0.1, -0.05) is 20.8 Å². The third kappa shape index (κ3) is 6.02. The quantitative estimate of drug-likeness (QED) is 0.721. The van der Waals surface area contributed by atoms with Crippen LogP contribution in [0, 0.1) is 5.41 Å². The van der Waals surface area contributed by atoms with Crippen LogP contribution in [0.2, 0.25) is 0 Å². The molecule has 0 bridgehead atoms. The number of aryl methyl sites for hydroxylation is 1. The molecule has 29 heavy (non-hydrogen) atoms. The second-order valence-corrected chi connectivity index (χ2v) is 11.7. The number of carbonyl (C=O) groups excluding carboxylic acids is 1. The normalized spacial score (nSPS) is 22.4. The monoisotopic (exact) mass is 420 g/mol. The Hall–Kier alpha value is -0.980. The van der Waals surface area contributed by atoms with Crippen molar-refractivity contribution in [2.24, 2.45) is 5.41 Å². The van der Waals surface area contributed by atoms with E-state index in [4.69, 9.17) is 4.98 Å². The lowest BCUT2D eigenvalue weighted by Gasteiger charge is -2.37. The van der Waals surface area contributed by atoms with Crippen LogP contribution in [-0.4, -0.2) is 69.9 Å². The van der Waals surface area contributed by atoms with Crippen LogP contribution in [0.25, 0.3) is 0 Å². The van der Waals surface area contributed by atoms with Crippen molar-refractivity contribution in [3.05, 3.63) is 16.1 Å². The summed E-state index contributed by atoms with van der Waals surface area (Å²) in [4.78, 5) is 24.5. The predicted octanol–water partition coefficient (Wildman–Crippen LogP) is 4.03. The van der Waals surface area contributed by atoms with Gasteiger partial charge in [0.25, 0.3) is 0 Å². The van der Waals surface area contributed by atoms with E-state index in [2.05, 4.69) is 36.0 Å². The molecule has 5 nitrogen and oxygen atoms in total. The van der Waals surface area contributed by atoms with Crippen LogP contribution < -0.4 is 0 Å². The SMILES string of the molecule is CC(C)(C)C(=O)N1CCN(Cc2csc(CCC3CCCN3C(C)(C)C)n2)CC1. The van der Waals surface area contributed by atoms with Crippen molar-refractivity contribution in [2.45, 2.75) is 85.4 Å². The summed E-state index contributed by atoms with van der Waals surface area (Å²) in [6, 6.07) is 0.704. The molecule has 2 aliphatic rings. The minimum Gasteiger partial charge on any atom is -0.340 e. The van der Waals surface area contributed by atoms with Crippen molar-refractivity contribution in [1.29, 1.82) is 0 Å². The molecule has 3 rings (SSSR count). The number of amides is 1. The first-order valence-electron chi connectivity index (χ1n) is 11.3. The topological polar surface area (TPSA) is 39.7 Å². The molecule has 0 spiro atoms. The zero-order chi connectivity index (χ0) is 21.2. The number of hydrogen-bond acceptors (Lipinski definition) is 5. The molecule has 1 aromatic heterocycles. The molecule has 0 saturated carbocycles. The molecule has 2 saturated heterocycles. The van der Waals surface area contributed by atoms with Crippen LogP contribution in [0.15, 0.2) is 5.38 Å². The van der Waals surface area contributed by atoms with Crippen molar-refractivity contribution in [2.75, 3.05) is 32.7 Å². The Balaban J connectivity index is 1.45. The highest BCUT2D eigenvalue weighted by Crippen LogP contribution is 2.29. The lowest BCUT2D eigenvalue weighted by molar-refractivity contribution is -0.141. The Morgan fingerprint density at radius 1 is 1.10 bits per heavy atom. The van der Waals surface area contributed by atoms with Gasteiger partial charge in [0.05, 0.1) is 10.7 Å². The lowest BCUT2D eigenvalue weighted by atomic mass is 9.94. The standard InChI is InChI=1S/C23H40N4OS/c1-22(2,3)21(28)26-14-12-25(13-15-26)16-18-17-29-20(24-18)10-9-19-8-7-11-27(19)23(4,5)6/h17,19H,7-16H2,1-6H3. The summed E-state index contributed by atoms with van der Waals surface area (Å²) < 4.78 is 0. The molecule has 0 N–H and O–H groups in total. The van der Waals surface area contributed by atoms with Crippen LogP contribution in [0.3, 0.4) is 0 Å². The Morgan fingerprint density at radius 2 is 1.79 bits per heavy atom. The molecule has 3 heterocycles. The molecule has 6 heteroatoms. The molecular weight excluding hydrogens is 380 g/mol. The lowest BCUT2D eigenvalue weighted by Crippen LogP contribution is -2.51. The summed E-state index contributed by atoms with van der Waals surface area (Å²) in [5.41, 5.74) is 1.18. The maximum atomic E-state index is 12.4. The second-order valence-electron chi connectivity index (χ2n) is 10.7. The fourth-order valence-electron chi connectivity index (χ4n) is 4.66. The summed E-state index contributed by atoms with van der Waals surface area (Å²) in [5, 5.41) is 3.51. The number of hydrogen-bond donors (Lipinski definition) is 0. The van der Waals surface area contributed by atoms with Crippen LogP contribution in [0.4, 0.5) is 0 Å². The van der Waals surface area contributed by atoms with Crippen molar-refractivity contribution in [3.8, 4) is 0 Å². The molecular formula is C23H40N4OS. The van der Waals surface area contributed by atoms with Gasteiger partial charge in [-0.05, 0) is 46.6 Å². The van der Waals surface area contributed by atoms with E-state index in [1.807, 2.05) is 37.0 Å². The fraction of sp³-hybridized carbons (Fsp3) is 0.826. The third-order valence-corrected chi connectivity index (χ3v) is 7.17. The van der Waals surface area contributed by atoms with Crippen LogP contribution in [0.1, 0.15) is 71.5 Å². The van der Waals surface area contributed by atoms with Gasteiger partial charge in [-0.25, -0.2) is 4.98 Å². The minimum absolute atomic E-state index is 0.268. The van der Waals surface area contributed by atoms with E-state index in [9.17, 15) is 4.79 Å². The van der Waals surface area contributed by atoms with Gasteiger partial charge in [0.2, 0.25) is 5.91 Å². The second kappa shape index (κ2) is 9.03. The van der Waals surface area contributed by atoms with Crippen molar-refractivity contribution in [3.63, 3.8) is 0 Å². The predicted molar refractivity (Wildman–Crippen MR) is 121 cm³/mol. The summed E-state index contributed by atoms with van der Waals surface area (Å²) in [6.45, 7) is 18.7. The maximum absolute atomic E-state index is 12.4. The van der Waals surface area contributed by atoms with Gasteiger partial charge in [-0.2, -0.15) is 0 Å². The fourth-order valence-corrected chi connectivity index (χ4v) is 5.46. The Kier molecular flexibility index (Phi) is 7.06. The van der Waals surface area contributed by atoms with Gasteiger partial charge in [0.15, 0.2) is 0 Å². The zero-order valence-corrected chi connectivity index (χ0v) is 20.1. The van der Waals surface area contributed by atoms with Gasteiger partial charge in [-0.15, -0.1) is 11.3 Å². The number of likely N-dealkylation sites (tertiary alicyclic amines) is 1. The Labute approximate surface area is 181 Å².